The Morgan fingerprint density at radius 3 is 2.57 bits per heavy atom. The van der Waals surface area contributed by atoms with Gasteiger partial charge in [-0.3, -0.25) is 0 Å². The van der Waals surface area contributed by atoms with Gasteiger partial charge in [-0.1, -0.05) is 0 Å². The average molecular weight is 194 g/mol. The molecule has 0 saturated carbocycles. The molecule has 0 radical (unpaired) electrons. The predicted molar refractivity (Wildman–Crippen MR) is 47.2 cm³/mol. The van der Waals surface area contributed by atoms with Crippen molar-refractivity contribution in [1.29, 1.82) is 0 Å². The summed E-state index contributed by atoms with van der Waals surface area (Å²) >= 11 is 0. The molecule has 0 spiro atoms. The summed E-state index contributed by atoms with van der Waals surface area (Å²) in [5.41, 5.74) is 1.97. The molecule has 2 aliphatic rings. The van der Waals surface area contributed by atoms with E-state index in [1.165, 1.54) is 0 Å². The van der Waals surface area contributed by atoms with Crippen LogP contribution in [0.15, 0.2) is 12.1 Å². The van der Waals surface area contributed by atoms with Crippen LogP contribution in [-0.4, -0.2) is 14.2 Å². The Morgan fingerprint density at radius 1 is 1.07 bits per heavy atom. The van der Waals surface area contributed by atoms with Crippen LogP contribution in [-0.2, 0) is 9.47 Å². The van der Waals surface area contributed by atoms with Crippen molar-refractivity contribution in [2.45, 2.75) is 12.6 Å². The molecule has 1 aromatic rings. The summed E-state index contributed by atoms with van der Waals surface area (Å²) in [4.78, 5) is 0. The normalized spacial score (nSPS) is 26.1. The molecule has 2 unspecified atom stereocenters. The predicted octanol–water partition coefficient (Wildman–Crippen LogP) is 1.76. The quantitative estimate of drug-likeness (QED) is 0.718. The molecule has 0 amide bonds. The van der Waals surface area contributed by atoms with Gasteiger partial charge in [0.2, 0.25) is 12.6 Å². The number of methoxy groups -OCH3 is 2. The molecule has 4 nitrogen and oxygen atoms in total. The molecule has 2 heterocycles. The third-order valence-electron chi connectivity index (χ3n) is 2.57. The topological polar surface area (TPSA) is 36.9 Å². The van der Waals surface area contributed by atoms with Gasteiger partial charge in [0.05, 0.1) is 5.56 Å². The van der Waals surface area contributed by atoms with Crippen LogP contribution in [0, 0.1) is 0 Å². The van der Waals surface area contributed by atoms with Gasteiger partial charge in [0.25, 0.3) is 0 Å². The smallest absolute Gasteiger partial charge is 0.230 e. The van der Waals surface area contributed by atoms with Gasteiger partial charge >= 0.3 is 0 Å². The molecule has 4 heteroatoms. The van der Waals surface area contributed by atoms with Crippen LogP contribution in [0.2, 0.25) is 0 Å². The van der Waals surface area contributed by atoms with E-state index in [1.807, 2.05) is 12.1 Å². The Labute approximate surface area is 81.3 Å². The second-order valence-corrected chi connectivity index (χ2v) is 3.27. The van der Waals surface area contributed by atoms with Crippen LogP contribution in [0.1, 0.15) is 23.7 Å². The molecule has 74 valence electrons. The van der Waals surface area contributed by atoms with Crippen molar-refractivity contribution in [3.8, 4) is 11.5 Å². The van der Waals surface area contributed by atoms with Gasteiger partial charge < -0.3 is 18.9 Å². The van der Waals surface area contributed by atoms with E-state index in [0.717, 1.165) is 22.6 Å². The summed E-state index contributed by atoms with van der Waals surface area (Å²) < 4.78 is 21.5. The van der Waals surface area contributed by atoms with Crippen LogP contribution >= 0.6 is 0 Å². The summed E-state index contributed by atoms with van der Waals surface area (Å²) in [7, 11) is 3.23. The second kappa shape index (κ2) is 2.62. The Balaban J connectivity index is 2.13. The fourth-order valence-corrected chi connectivity index (χ4v) is 1.94. The molecule has 4 bridgehead atoms. The van der Waals surface area contributed by atoms with Crippen LogP contribution in [0.4, 0.5) is 0 Å². The van der Waals surface area contributed by atoms with Gasteiger partial charge in [-0.15, -0.1) is 0 Å². The number of rotatable bonds is 2. The van der Waals surface area contributed by atoms with Crippen molar-refractivity contribution in [2.75, 3.05) is 14.2 Å². The molecule has 0 aliphatic carbocycles. The van der Waals surface area contributed by atoms with Gasteiger partial charge in [-0.05, 0) is 12.1 Å². The minimum Gasteiger partial charge on any atom is -0.457 e. The van der Waals surface area contributed by atoms with Crippen LogP contribution in [0.3, 0.4) is 0 Å². The van der Waals surface area contributed by atoms with Crippen molar-refractivity contribution in [2.24, 2.45) is 0 Å². The lowest BCUT2D eigenvalue weighted by Crippen LogP contribution is -2.08. The molecule has 0 aromatic heterocycles. The van der Waals surface area contributed by atoms with E-state index in [2.05, 4.69) is 0 Å². The minimum absolute atomic E-state index is 0.310. The fourth-order valence-electron chi connectivity index (χ4n) is 1.94. The molecule has 2 atom stereocenters. The van der Waals surface area contributed by atoms with E-state index in [4.69, 9.17) is 18.9 Å². The molecule has 0 N–H and O–H groups in total. The summed E-state index contributed by atoms with van der Waals surface area (Å²) in [6.45, 7) is 0. The minimum atomic E-state index is -0.342. The van der Waals surface area contributed by atoms with Crippen molar-refractivity contribution < 1.29 is 18.9 Å². The maximum atomic E-state index is 5.57. The first-order valence-electron chi connectivity index (χ1n) is 4.41. The molecule has 1 aromatic carbocycles. The lowest BCUT2D eigenvalue weighted by Gasteiger charge is -2.12. The zero-order chi connectivity index (χ0) is 9.71. The Hall–Kier alpha value is -1.26. The van der Waals surface area contributed by atoms with Crippen molar-refractivity contribution in [3.05, 3.63) is 23.3 Å². The average Bonchev–Trinajstić information content (AvgIpc) is 2.59. The van der Waals surface area contributed by atoms with Crippen LogP contribution in [0.5, 0.6) is 11.5 Å². The first-order chi connectivity index (χ1) is 6.85. The standard InChI is InChI=1S/C10H10O4/c1-11-9-5-3-4-6-8(14-9)7(5)10(12-2)13-6/h3-4,9-10H,1-2H3. The van der Waals surface area contributed by atoms with Crippen molar-refractivity contribution in [1.82, 2.24) is 0 Å². The van der Waals surface area contributed by atoms with Gasteiger partial charge in [-0.25, -0.2) is 0 Å². The van der Waals surface area contributed by atoms with E-state index in [9.17, 15) is 0 Å². The lowest BCUT2D eigenvalue weighted by molar-refractivity contribution is -0.0623. The maximum Gasteiger partial charge on any atom is 0.230 e. The third kappa shape index (κ3) is 0.798. The zero-order valence-corrected chi connectivity index (χ0v) is 7.94. The molecule has 3 rings (SSSR count). The highest BCUT2D eigenvalue weighted by atomic mass is 16.7. The SMILES string of the molecule is COC1Oc2c3ccc1c2C(OC)O3. The summed E-state index contributed by atoms with van der Waals surface area (Å²) in [5.74, 6) is 1.50. The molecule has 14 heavy (non-hydrogen) atoms. The number of hydrogen-bond acceptors (Lipinski definition) is 4. The maximum absolute atomic E-state index is 5.57. The highest BCUT2D eigenvalue weighted by Crippen LogP contribution is 2.54. The summed E-state index contributed by atoms with van der Waals surface area (Å²) in [5, 5.41) is 0. The van der Waals surface area contributed by atoms with E-state index in [1.54, 1.807) is 14.2 Å². The van der Waals surface area contributed by atoms with Gasteiger partial charge in [0.15, 0.2) is 11.5 Å². The molecule has 0 saturated heterocycles. The summed E-state index contributed by atoms with van der Waals surface area (Å²) in [6.07, 6.45) is -0.652. The zero-order valence-electron chi connectivity index (χ0n) is 7.94. The third-order valence-corrected chi connectivity index (χ3v) is 2.57. The first kappa shape index (κ1) is 8.08. The molecular formula is C10H10O4. The van der Waals surface area contributed by atoms with Crippen LogP contribution in [0.25, 0.3) is 0 Å². The highest BCUT2D eigenvalue weighted by Gasteiger charge is 2.41. The largest absolute Gasteiger partial charge is 0.457 e. The second-order valence-electron chi connectivity index (χ2n) is 3.27. The first-order valence-corrected chi connectivity index (χ1v) is 4.41. The van der Waals surface area contributed by atoms with E-state index >= 15 is 0 Å². The number of benzene rings is 1. The van der Waals surface area contributed by atoms with E-state index < -0.39 is 0 Å². The van der Waals surface area contributed by atoms with Crippen molar-refractivity contribution in [3.63, 3.8) is 0 Å². The monoisotopic (exact) mass is 194 g/mol. The van der Waals surface area contributed by atoms with E-state index in [-0.39, 0.29) is 12.6 Å². The summed E-state index contributed by atoms with van der Waals surface area (Å²) in [6, 6.07) is 3.83. The molecular weight excluding hydrogens is 184 g/mol. The highest BCUT2D eigenvalue weighted by molar-refractivity contribution is 5.58. The van der Waals surface area contributed by atoms with Crippen molar-refractivity contribution >= 4 is 0 Å². The van der Waals surface area contributed by atoms with Crippen LogP contribution < -0.4 is 9.47 Å². The van der Waals surface area contributed by atoms with E-state index in [0.29, 0.717) is 0 Å². The van der Waals surface area contributed by atoms with Gasteiger partial charge in [0.1, 0.15) is 0 Å². The number of hydrogen-bond donors (Lipinski definition) is 0. The lowest BCUT2D eigenvalue weighted by atomic mass is 10.1. The van der Waals surface area contributed by atoms with Gasteiger partial charge in [-0.2, -0.15) is 0 Å². The Morgan fingerprint density at radius 2 is 1.86 bits per heavy atom. The number of ether oxygens (including phenoxy) is 4. The molecule has 0 fully saturated rings. The Kier molecular flexibility index (Phi) is 1.51. The fraction of sp³-hybridized carbons (Fsp3) is 0.400. The van der Waals surface area contributed by atoms with Gasteiger partial charge in [0, 0.05) is 19.8 Å². The Bertz CT molecular complexity index is 388. The molecule has 2 aliphatic heterocycles.